The molecule has 1 aromatic carbocycles. The van der Waals surface area contributed by atoms with Crippen LogP contribution in [0.1, 0.15) is 22.6 Å². The van der Waals surface area contributed by atoms with Gasteiger partial charge in [-0.25, -0.2) is 9.37 Å². The molecule has 1 aromatic heterocycles. The Kier molecular flexibility index (Phi) is 5.95. The zero-order chi connectivity index (χ0) is 19.2. The lowest BCUT2D eigenvalue weighted by Crippen LogP contribution is -2.49. The van der Waals surface area contributed by atoms with E-state index in [4.69, 9.17) is 0 Å². The van der Waals surface area contributed by atoms with Crippen LogP contribution in [0.15, 0.2) is 36.7 Å². The Morgan fingerprint density at radius 3 is 2.52 bits per heavy atom. The number of rotatable bonds is 5. The minimum Gasteiger partial charge on any atom is -0.366 e. The number of hydrogen-bond acceptors (Lipinski definition) is 5. The monoisotopic (exact) mass is 371 g/mol. The van der Waals surface area contributed by atoms with Crippen molar-refractivity contribution >= 4 is 17.5 Å². The summed E-state index contributed by atoms with van der Waals surface area (Å²) in [4.78, 5) is 36.0. The molecule has 7 nitrogen and oxygen atoms in total. The van der Waals surface area contributed by atoms with Crippen LogP contribution in [0.3, 0.4) is 0 Å². The molecule has 27 heavy (non-hydrogen) atoms. The van der Waals surface area contributed by atoms with Gasteiger partial charge in [0.2, 0.25) is 5.91 Å². The molecule has 0 saturated carbocycles. The number of nitrogens with one attached hydrogen (secondary N) is 1. The molecule has 8 heteroatoms. The summed E-state index contributed by atoms with van der Waals surface area (Å²) >= 11 is 0. The number of para-hydroxylation sites is 1. The second-order valence-corrected chi connectivity index (χ2v) is 6.37. The molecule has 1 N–H and O–H groups in total. The van der Waals surface area contributed by atoms with E-state index in [0.717, 1.165) is 5.69 Å². The molecule has 2 heterocycles. The predicted molar refractivity (Wildman–Crippen MR) is 98.9 cm³/mol. The van der Waals surface area contributed by atoms with E-state index in [9.17, 15) is 14.0 Å². The van der Waals surface area contributed by atoms with Gasteiger partial charge in [-0.15, -0.1) is 0 Å². The van der Waals surface area contributed by atoms with Crippen LogP contribution in [0.4, 0.5) is 10.1 Å². The Balaban J connectivity index is 1.42. The quantitative estimate of drug-likeness (QED) is 0.859. The molecule has 2 amide bonds. The largest absolute Gasteiger partial charge is 0.366 e. The number of nitrogens with zero attached hydrogens (tertiary/aromatic N) is 4. The van der Waals surface area contributed by atoms with Gasteiger partial charge in [-0.2, -0.15) is 0 Å². The zero-order valence-corrected chi connectivity index (χ0v) is 15.2. The number of halogens is 1. The van der Waals surface area contributed by atoms with Gasteiger partial charge in [-0.3, -0.25) is 14.6 Å². The summed E-state index contributed by atoms with van der Waals surface area (Å²) in [5, 5.41) is 2.68. The molecule has 0 radical (unpaired) electrons. The predicted octanol–water partition coefficient (Wildman–Crippen LogP) is 1.39. The maximum atomic E-state index is 13.9. The molecular formula is C19H22FN5O2. The van der Waals surface area contributed by atoms with Crippen molar-refractivity contribution in [3.63, 3.8) is 0 Å². The van der Waals surface area contributed by atoms with Crippen LogP contribution in [-0.4, -0.2) is 59.4 Å². The highest BCUT2D eigenvalue weighted by molar-refractivity contribution is 5.92. The van der Waals surface area contributed by atoms with E-state index in [1.807, 2.05) is 4.90 Å². The van der Waals surface area contributed by atoms with Crippen LogP contribution in [0.25, 0.3) is 0 Å². The van der Waals surface area contributed by atoms with Gasteiger partial charge in [0.05, 0.1) is 17.6 Å². The Bertz CT molecular complexity index is 804. The van der Waals surface area contributed by atoms with Crippen molar-refractivity contribution in [2.75, 3.05) is 37.6 Å². The molecular weight excluding hydrogens is 349 g/mol. The maximum absolute atomic E-state index is 13.9. The summed E-state index contributed by atoms with van der Waals surface area (Å²) in [6, 6.07) is 6.65. The van der Waals surface area contributed by atoms with Crippen LogP contribution >= 0.6 is 0 Å². The Morgan fingerprint density at radius 1 is 1.11 bits per heavy atom. The molecule has 0 bridgehead atoms. The summed E-state index contributed by atoms with van der Waals surface area (Å²) in [5.41, 5.74) is 1.53. The number of benzene rings is 1. The molecule has 1 aliphatic rings. The Labute approximate surface area is 157 Å². The van der Waals surface area contributed by atoms with E-state index in [-0.39, 0.29) is 36.3 Å². The summed E-state index contributed by atoms with van der Waals surface area (Å²) in [7, 11) is 0. The highest BCUT2D eigenvalue weighted by atomic mass is 19.1. The van der Waals surface area contributed by atoms with Crippen molar-refractivity contribution in [1.29, 1.82) is 0 Å². The minimum absolute atomic E-state index is 0.0292. The van der Waals surface area contributed by atoms with Crippen molar-refractivity contribution in [1.82, 2.24) is 20.2 Å². The van der Waals surface area contributed by atoms with Gasteiger partial charge in [0.1, 0.15) is 11.5 Å². The highest BCUT2D eigenvalue weighted by Crippen LogP contribution is 2.20. The number of amides is 2. The van der Waals surface area contributed by atoms with Crippen molar-refractivity contribution < 1.29 is 14.0 Å². The minimum atomic E-state index is -0.348. The summed E-state index contributed by atoms with van der Waals surface area (Å²) in [6.45, 7) is 4.26. The highest BCUT2D eigenvalue weighted by Gasteiger charge is 2.22. The maximum Gasteiger partial charge on any atom is 0.271 e. The van der Waals surface area contributed by atoms with E-state index < -0.39 is 0 Å². The van der Waals surface area contributed by atoms with E-state index in [1.54, 1.807) is 30.0 Å². The van der Waals surface area contributed by atoms with Gasteiger partial charge in [-0.05, 0) is 19.1 Å². The third kappa shape index (κ3) is 4.78. The van der Waals surface area contributed by atoms with Crippen molar-refractivity contribution in [3.05, 3.63) is 53.9 Å². The molecule has 1 fully saturated rings. The second-order valence-electron chi connectivity index (χ2n) is 6.37. The van der Waals surface area contributed by atoms with Crippen LogP contribution in [0.2, 0.25) is 0 Å². The van der Waals surface area contributed by atoms with Crippen molar-refractivity contribution in [2.24, 2.45) is 0 Å². The molecule has 2 aromatic rings. The number of piperazine rings is 1. The molecule has 142 valence electrons. The van der Waals surface area contributed by atoms with Crippen LogP contribution < -0.4 is 10.2 Å². The van der Waals surface area contributed by atoms with E-state index in [1.165, 1.54) is 18.5 Å². The van der Waals surface area contributed by atoms with E-state index >= 15 is 0 Å². The van der Waals surface area contributed by atoms with Crippen molar-refractivity contribution in [3.8, 4) is 0 Å². The fraction of sp³-hybridized carbons (Fsp3) is 0.368. The number of carbonyl (C=O) groups is 2. The Hall–Kier alpha value is -3.03. The van der Waals surface area contributed by atoms with Gasteiger partial charge in [0.25, 0.3) is 5.91 Å². The van der Waals surface area contributed by atoms with Gasteiger partial charge in [0.15, 0.2) is 0 Å². The molecule has 1 saturated heterocycles. The third-order valence-electron chi connectivity index (χ3n) is 4.46. The number of anilines is 1. The first-order valence-corrected chi connectivity index (χ1v) is 8.88. The topological polar surface area (TPSA) is 78.4 Å². The van der Waals surface area contributed by atoms with Crippen LogP contribution in [0.5, 0.6) is 0 Å². The number of aromatic nitrogens is 2. The first kappa shape index (κ1) is 18.8. The zero-order valence-electron chi connectivity index (χ0n) is 15.2. The normalized spacial score (nSPS) is 14.1. The SMILES string of the molecule is Cc1cnc(C(=O)NCCC(=O)N2CCN(c3ccccc3F)CC2)cn1. The first-order valence-electron chi connectivity index (χ1n) is 8.88. The summed E-state index contributed by atoms with van der Waals surface area (Å²) < 4.78 is 13.9. The van der Waals surface area contributed by atoms with Crippen LogP contribution in [0, 0.1) is 12.7 Å². The molecule has 3 rings (SSSR count). The van der Waals surface area contributed by atoms with Gasteiger partial charge < -0.3 is 15.1 Å². The second kappa shape index (κ2) is 8.57. The van der Waals surface area contributed by atoms with Crippen LogP contribution in [-0.2, 0) is 4.79 Å². The van der Waals surface area contributed by atoms with Gasteiger partial charge in [-0.1, -0.05) is 12.1 Å². The summed E-state index contributed by atoms with van der Waals surface area (Å²) in [6.07, 6.45) is 3.15. The first-order chi connectivity index (χ1) is 13.0. The lowest BCUT2D eigenvalue weighted by molar-refractivity contribution is -0.131. The molecule has 0 unspecified atom stereocenters. The average molecular weight is 371 g/mol. The average Bonchev–Trinajstić information content (AvgIpc) is 2.69. The third-order valence-corrected chi connectivity index (χ3v) is 4.46. The molecule has 1 aliphatic heterocycles. The molecule has 0 aliphatic carbocycles. The lowest BCUT2D eigenvalue weighted by Gasteiger charge is -2.36. The van der Waals surface area contributed by atoms with Gasteiger partial charge >= 0.3 is 0 Å². The van der Waals surface area contributed by atoms with Crippen molar-refractivity contribution in [2.45, 2.75) is 13.3 Å². The van der Waals surface area contributed by atoms with Gasteiger partial charge in [0, 0.05) is 45.3 Å². The molecule has 0 atom stereocenters. The Morgan fingerprint density at radius 2 is 1.85 bits per heavy atom. The smallest absolute Gasteiger partial charge is 0.271 e. The fourth-order valence-corrected chi connectivity index (χ4v) is 2.95. The van der Waals surface area contributed by atoms with E-state index in [0.29, 0.717) is 31.9 Å². The lowest BCUT2D eigenvalue weighted by atomic mass is 10.2. The number of aryl methyl sites for hydroxylation is 1. The number of hydrogen-bond donors (Lipinski definition) is 1. The molecule has 0 spiro atoms. The van der Waals surface area contributed by atoms with E-state index in [2.05, 4.69) is 15.3 Å². The standard InChI is InChI=1S/C19H22FN5O2/c1-14-12-23-16(13-22-14)19(27)21-7-6-18(26)25-10-8-24(9-11-25)17-5-3-2-4-15(17)20/h2-5,12-13H,6-11H2,1H3,(H,21,27). The fourth-order valence-electron chi connectivity index (χ4n) is 2.95. The summed E-state index contributed by atoms with van der Waals surface area (Å²) in [5.74, 6) is -0.627. The number of carbonyl (C=O) groups excluding carboxylic acids is 2.